The molecule has 0 aliphatic heterocycles. The molecule has 138 valence electrons. The normalized spacial score (nSPS) is 14.2. The highest BCUT2D eigenvalue weighted by Crippen LogP contribution is 2.41. The molecule has 0 spiro atoms. The van der Waals surface area contributed by atoms with Crippen LogP contribution < -0.4 is 0 Å². The highest BCUT2D eigenvalue weighted by Gasteiger charge is 2.22. The van der Waals surface area contributed by atoms with Crippen molar-refractivity contribution in [2.75, 3.05) is 0 Å². The summed E-state index contributed by atoms with van der Waals surface area (Å²) >= 11 is 3.42. The summed E-state index contributed by atoms with van der Waals surface area (Å²) in [6.45, 7) is 2.12. The standard InChI is InChI=1S/C21H17N5S2/c1-12-10-17-24-25-21(26(17)15-8-4-2-6-13(12)15)28-20-18-14-7-3-5-9-16(14)27-19(18)22-11-23-20/h2,4,6,8,10-11H,3,5,7,9H2,1H3. The van der Waals surface area contributed by atoms with Crippen molar-refractivity contribution in [2.45, 2.75) is 42.8 Å². The van der Waals surface area contributed by atoms with Gasteiger partial charge < -0.3 is 0 Å². The minimum Gasteiger partial charge on any atom is -0.270 e. The first-order valence-corrected chi connectivity index (χ1v) is 11.1. The maximum atomic E-state index is 4.64. The average Bonchev–Trinajstić information content (AvgIpc) is 3.30. The smallest absolute Gasteiger partial charge is 0.202 e. The summed E-state index contributed by atoms with van der Waals surface area (Å²) in [6.07, 6.45) is 6.49. The predicted molar refractivity (Wildman–Crippen MR) is 113 cm³/mol. The van der Waals surface area contributed by atoms with Crippen LogP contribution in [-0.2, 0) is 12.8 Å². The van der Waals surface area contributed by atoms with E-state index in [0.717, 1.165) is 39.0 Å². The third-order valence-electron chi connectivity index (χ3n) is 5.48. The molecule has 5 nitrogen and oxygen atoms in total. The molecule has 0 saturated carbocycles. The summed E-state index contributed by atoms with van der Waals surface area (Å²) in [5, 5.41) is 13.2. The second-order valence-electron chi connectivity index (χ2n) is 7.19. The number of para-hydroxylation sites is 1. The van der Waals surface area contributed by atoms with Crippen molar-refractivity contribution < 1.29 is 0 Å². The first-order chi connectivity index (χ1) is 13.8. The number of hydrogen-bond donors (Lipinski definition) is 0. The minimum atomic E-state index is 0.849. The van der Waals surface area contributed by atoms with Crippen LogP contribution in [0.4, 0.5) is 0 Å². The summed E-state index contributed by atoms with van der Waals surface area (Å²) in [6, 6.07) is 10.5. The van der Waals surface area contributed by atoms with Gasteiger partial charge >= 0.3 is 0 Å². The van der Waals surface area contributed by atoms with Crippen LogP contribution in [0.5, 0.6) is 0 Å². The van der Waals surface area contributed by atoms with Crippen LogP contribution in [0.1, 0.15) is 28.8 Å². The molecule has 0 N–H and O–H groups in total. The number of aryl methyl sites for hydroxylation is 3. The third-order valence-corrected chi connectivity index (χ3v) is 7.63. The molecule has 0 fully saturated rings. The number of pyridine rings is 1. The van der Waals surface area contributed by atoms with Gasteiger partial charge in [-0.1, -0.05) is 18.2 Å². The van der Waals surface area contributed by atoms with E-state index in [2.05, 4.69) is 61.8 Å². The van der Waals surface area contributed by atoms with Crippen molar-refractivity contribution in [3.8, 4) is 0 Å². The van der Waals surface area contributed by atoms with Gasteiger partial charge in [0.1, 0.15) is 16.2 Å². The molecule has 1 aliphatic carbocycles. The van der Waals surface area contributed by atoms with Crippen molar-refractivity contribution in [1.29, 1.82) is 0 Å². The highest BCUT2D eigenvalue weighted by molar-refractivity contribution is 7.99. The molecular weight excluding hydrogens is 386 g/mol. The molecule has 4 heterocycles. The second-order valence-corrected chi connectivity index (χ2v) is 9.23. The van der Waals surface area contributed by atoms with E-state index >= 15 is 0 Å². The topological polar surface area (TPSA) is 56.0 Å². The Hall–Kier alpha value is -2.51. The summed E-state index contributed by atoms with van der Waals surface area (Å²) in [7, 11) is 0. The van der Waals surface area contributed by atoms with Gasteiger partial charge in [-0.3, -0.25) is 4.40 Å². The fourth-order valence-corrected chi connectivity index (χ4v) is 6.42. The SMILES string of the molecule is Cc1cc2nnc(Sc3ncnc4sc5c(c34)CCCC5)n2c2ccccc12. The Morgan fingerprint density at radius 2 is 1.96 bits per heavy atom. The number of fused-ring (bicyclic) bond motifs is 6. The lowest BCUT2D eigenvalue weighted by Crippen LogP contribution is -1.99. The number of thiophene rings is 1. The molecule has 5 aromatic rings. The zero-order valence-corrected chi connectivity index (χ0v) is 17.0. The lowest BCUT2D eigenvalue weighted by atomic mass is 9.97. The monoisotopic (exact) mass is 403 g/mol. The van der Waals surface area contributed by atoms with Crippen LogP contribution in [0, 0.1) is 6.92 Å². The molecule has 4 aromatic heterocycles. The predicted octanol–water partition coefficient (Wildman–Crippen LogP) is 5.23. The van der Waals surface area contributed by atoms with E-state index in [-0.39, 0.29) is 0 Å². The molecule has 1 aliphatic rings. The van der Waals surface area contributed by atoms with Crippen molar-refractivity contribution in [1.82, 2.24) is 24.6 Å². The number of rotatable bonds is 2. The Labute approximate surface area is 169 Å². The molecule has 1 aromatic carbocycles. The second kappa shape index (κ2) is 6.25. The molecule has 6 rings (SSSR count). The number of aromatic nitrogens is 5. The maximum Gasteiger partial charge on any atom is 0.202 e. The molecule has 0 saturated heterocycles. The van der Waals surface area contributed by atoms with Crippen molar-refractivity contribution in [3.05, 3.63) is 52.7 Å². The van der Waals surface area contributed by atoms with Gasteiger partial charge in [0.15, 0.2) is 5.65 Å². The number of nitrogens with zero attached hydrogens (tertiary/aromatic N) is 5. The molecule has 7 heteroatoms. The van der Waals surface area contributed by atoms with E-state index in [4.69, 9.17) is 0 Å². The summed E-state index contributed by atoms with van der Waals surface area (Å²) < 4.78 is 2.14. The maximum absolute atomic E-state index is 4.64. The van der Waals surface area contributed by atoms with Gasteiger partial charge in [-0.05, 0) is 67.6 Å². The molecule has 0 bridgehead atoms. The van der Waals surface area contributed by atoms with E-state index < -0.39 is 0 Å². The van der Waals surface area contributed by atoms with Crippen molar-refractivity contribution >= 4 is 49.9 Å². The van der Waals surface area contributed by atoms with Gasteiger partial charge in [-0.15, -0.1) is 21.5 Å². The largest absolute Gasteiger partial charge is 0.270 e. The zero-order chi connectivity index (χ0) is 18.7. The quantitative estimate of drug-likeness (QED) is 0.378. The van der Waals surface area contributed by atoms with Crippen molar-refractivity contribution in [3.63, 3.8) is 0 Å². The molecular formula is C21H17N5S2. The van der Waals surface area contributed by atoms with Crippen molar-refractivity contribution in [2.24, 2.45) is 0 Å². The van der Waals surface area contributed by atoms with Gasteiger partial charge in [0.2, 0.25) is 5.16 Å². The molecule has 0 amide bonds. The fraction of sp³-hybridized carbons (Fsp3) is 0.238. The molecule has 0 unspecified atom stereocenters. The van der Waals surface area contributed by atoms with Crippen LogP contribution in [0.25, 0.3) is 26.8 Å². The van der Waals surface area contributed by atoms with E-state index in [1.54, 1.807) is 18.1 Å². The van der Waals surface area contributed by atoms with E-state index in [1.807, 2.05) is 11.3 Å². The Bertz CT molecular complexity index is 1370. The third kappa shape index (κ3) is 2.39. The Morgan fingerprint density at radius 3 is 2.93 bits per heavy atom. The Kier molecular flexibility index (Phi) is 3.67. The Morgan fingerprint density at radius 1 is 1.07 bits per heavy atom. The van der Waals surface area contributed by atoms with Gasteiger partial charge in [-0.2, -0.15) is 0 Å². The van der Waals surface area contributed by atoms with E-state index in [1.165, 1.54) is 39.6 Å². The lowest BCUT2D eigenvalue weighted by molar-refractivity contribution is 0.699. The van der Waals surface area contributed by atoms with E-state index in [9.17, 15) is 0 Å². The highest BCUT2D eigenvalue weighted by atomic mass is 32.2. The van der Waals surface area contributed by atoms with E-state index in [0.29, 0.717) is 0 Å². The summed E-state index contributed by atoms with van der Waals surface area (Å²) in [4.78, 5) is 11.8. The fourth-order valence-electron chi connectivity index (χ4n) is 4.17. The number of hydrogen-bond acceptors (Lipinski definition) is 6. The van der Waals surface area contributed by atoms with Gasteiger partial charge in [0, 0.05) is 15.6 Å². The Balaban J connectivity index is 1.57. The minimum absolute atomic E-state index is 0.849. The van der Waals surface area contributed by atoms with Crippen LogP contribution in [0.2, 0.25) is 0 Å². The summed E-state index contributed by atoms with van der Waals surface area (Å²) in [5.74, 6) is 0. The molecule has 28 heavy (non-hydrogen) atoms. The van der Waals surface area contributed by atoms with Crippen LogP contribution >= 0.6 is 23.1 Å². The average molecular weight is 404 g/mol. The van der Waals surface area contributed by atoms with Crippen LogP contribution in [-0.4, -0.2) is 24.6 Å². The molecule has 0 atom stereocenters. The first-order valence-electron chi connectivity index (χ1n) is 9.46. The van der Waals surface area contributed by atoms with Crippen LogP contribution in [0.3, 0.4) is 0 Å². The van der Waals surface area contributed by atoms with Gasteiger partial charge in [0.05, 0.1) is 5.52 Å². The summed E-state index contributed by atoms with van der Waals surface area (Å²) in [5.41, 5.74) is 4.66. The number of benzene rings is 1. The lowest BCUT2D eigenvalue weighted by Gasteiger charge is -2.11. The van der Waals surface area contributed by atoms with Gasteiger partial charge in [-0.25, -0.2) is 9.97 Å². The van der Waals surface area contributed by atoms with Gasteiger partial charge in [0.25, 0.3) is 0 Å². The molecule has 0 radical (unpaired) electrons. The first kappa shape index (κ1) is 16.4. The zero-order valence-electron chi connectivity index (χ0n) is 15.3. The van der Waals surface area contributed by atoms with Crippen LogP contribution in [0.15, 0.2) is 46.8 Å².